The molecule has 1 aromatic heterocycles. The van der Waals surface area contributed by atoms with Gasteiger partial charge in [-0.05, 0) is 38.2 Å². The average molecular weight is 380 g/mol. The van der Waals surface area contributed by atoms with Gasteiger partial charge in [0.25, 0.3) is 5.91 Å². The largest absolute Gasteiger partial charge is 0.345 e. The summed E-state index contributed by atoms with van der Waals surface area (Å²) in [5, 5.41) is 0. The lowest BCUT2D eigenvalue weighted by Gasteiger charge is -2.35. The molecule has 3 rings (SSSR count). The number of hydrogen-bond acceptors (Lipinski definition) is 4. The van der Waals surface area contributed by atoms with Crippen molar-refractivity contribution in [2.45, 2.75) is 45.1 Å². The molecule has 0 bridgehead atoms. The van der Waals surface area contributed by atoms with E-state index >= 15 is 0 Å². The maximum Gasteiger partial charge on any atom is 0.256 e. The van der Waals surface area contributed by atoms with E-state index in [2.05, 4.69) is 9.97 Å². The number of benzene rings is 1. The third kappa shape index (κ3) is 4.55. The molecule has 148 valence electrons. The van der Waals surface area contributed by atoms with E-state index in [9.17, 15) is 9.59 Å². The number of piperidine rings is 1. The van der Waals surface area contributed by atoms with Crippen molar-refractivity contribution in [2.24, 2.45) is 0 Å². The highest BCUT2D eigenvalue weighted by Crippen LogP contribution is 2.30. The smallest absolute Gasteiger partial charge is 0.256 e. The predicted molar refractivity (Wildman–Crippen MR) is 108 cm³/mol. The highest BCUT2D eigenvalue weighted by molar-refractivity contribution is 5.94. The van der Waals surface area contributed by atoms with Crippen molar-refractivity contribution in [3.63, 3.8) is 0 Å². The van der Waals surface area contributed by atoms with Gasteiger partial charge in [0.05, 0.1) is 17.3 Å². The van der Waals surface area contributed by atoms with Crippen molar-refractivity contribution in [3.8, 4) is 0 Å². The second-order valence-corrected chi connectivity index (χ2v) is 7.51. The number of likely N-dealkylation sites (tertiary alicyclic amines) is 1. The van der Waals surface area contributed by atoms with E-state index < -0.39 is 0 Å². The molecular formula is C22H28N4O2. The minimum absolute atomic E-state index is 0.108. The van der Waals surface area contributed by atoms with Crippen molar-refractivity contribution >= 4 is 11.8 Å². The molecule has 1 aromatic carbocycles. The highest BCUT2D eigenvalue weighted by Gasteiger charge is 2.30. The first-order chi connectivity index (χ1) is 13.5. The minimum atomic E-state index is -0.112. The fourth-order valence-corrected chi connectivity index (χ4v) is 3.63. The molecule has 1 aliphatic rings. The van der Waals surface area contributed by atoms with Gasteiger partial charge in [-0.15, -0.1) is 0 Å². The molecule has 1 saturated heterocycles. The lowest BCUT2D eigenvalue weighted by Crippen LogP contribution is -2.39. The third-order valence-electron chi connectivity index (χ3n) is 5.23. The molecule has 0 unspecified atom stereocenters. The van der Waals surface area contributed by atoms with Crippen LogP contribution in [0.5, 0.6) is 0 Å². The van der Waals surface area contributed by atoms with Gasteiger partial charge in [0, 0.05) is 33.3 Å². The van der Waals surface area contributed by atoms with Crippen LogP contribution in [0.15, 0.2) is 36.5 Å². The van der Waals surface area contributed by atoms with Gasteiger partial charge in [0.15, 0.2) is 5.82 Å². The lowest BCUT2D eigenvalue weighted by molar-refractivity contribution is -0.135. The number of aromatic nitrogens is 2. The van der Waals surface area contributed by atoms with Crippen LogP contribution < -0.4 is 0 Å². The molecule has 2 amide bonds. The summed E-state index contributed by atoms with van der Waals surface area (Å²) >= 11 is 0. The van der Waals surface area contributed by atoms with Gasteiger partial charge in [-0.1, -0.05) is 30.3 Å². The van der Waals surface area contributed by atoms with Crippen LogP contribution in [0.2, 0.25) is 0 Å². The van der Waals surface area contributed by atoms with Crippen LogP contribution in [0.25, 0.3) is 0 Å². The number of carbonyl (C=O) groups is 2. The number of nitrogens with zero attached hydrogens (tertiary/aromatic N) is 4. The van der Waals surface area contributed by atoms with Gasteiger partial charge in [-0.2, -0.15) is 0 Å². The van der Waals surface area contributed by atoms with Crippen molar-refractivity contribution in [2.75, 3.05) is 20.6 Å². The molecule has 2 heterocycles. The number of amides is 2. The predicted octanol–water partition coefficient (Wildman–Crippen LogP) is 3.17. The zero-order valence-corrected chi connectivity index (χ0v) is 16.9. The summed E-state index contributed by atoms with van der Waals surface area (Å²) in [7, 11) is 3.42. The number of rotatable bonds is 5. The molecule has 0 saturated carbocycles. The summed E-state index contributed by atoms with van der Waals surface area (Å²) in [6.07, 6.45) is 5.73. The van der Waals surface area contributed by atoms with Crippen LogP contribution in [0.1, 0.15) is 59.2 Å². The van der Waals surface area contributed by atoms with Crippen LogP contribution in [0.3, 0.4) is 0 Å². The molecule has 2 aromatic rings. The Kier molecular flexibility index (Phi) is 6.39. The highest BCUT2D eigenvalue weighted by atomic mass is 16.2. The molecule has 28 heavy (non-hydrogen) atoms. The Balaban J connectivity index is 1.74. The number of carbonyl (C=O) groups excluding carboxylic acids is 2. The average Bonchev–Trinajstić information content (AvgIpc) is 2.72. The summed E-state index contributed by atoms with van der Waals surface area (Å²) in [4.78, 5) is 37.6. The Morgan fingerprint density at radius 2 is 1.93 bits per heavy atom. The maximum absolute atomic E-state index is 12.9. The number of hydrogen-bond donors (Lipinski definition) is 0. The number of aryl methyl sites for hydroxylation is 2. The molecule has 1 aliphatic heterocycles. The van der Waals surface area contributed by atoms with Crippen LogP contribution in [-0.2, 0) is 11.2 Å². The van der Waals surface area contributed by atoms with E-state index in [-0.39, 0.29) is 17.9 Å². The molecule has 0 N–H and O–H groups in total. The monoisotopic (exact) mass is 380 g/mol. The second-order valence-electron chi connectivity index (χ2n) is 7.51. The first-order valence-electron chi connectivity index (χ1n) is 9.86. The third-order valence-corrected chi connectivity index (χ3v) is 5.23. The Labute approximate surface area is 166 Å². The SMILES string of the molecule is Cc1nc([C@H]2CCCCN2C(=O)CCc2ccccc2)ncc1C(=O)N(C)C. The first-order valence-corrected chi connectivity index (χ1v) is 9.86. The molecule has 0 aliphatic carbocycles. The molecule has 0 spiro atoms. The van der Waals surface area contributed by atoms with E-state index in [1.165, 1.54) is 10.5 Å². The van der Waals surface area contributed by atoms with Crippen LogP contribution >= 0.6 is 0 Å². The summed E-state index contributed by atoms with van der Waals surface area (Å²) < 4.78 is 0. The fourth-order valence-electron chi connectivity index (χ4n) is 3.63. The zero-order valence-electron chi connectivity index (χ0n) is 16.9. The van der Waals surface area contributed by atoms with Crippen molar-refractivity contribution in [1.29, 1.82) is 0 Å². The van der Waals surface area contributed by atoms with Gasteiger partial charge in [-0.25, -0.2) is 9.97 Å². The maximum atomic E-state index is 12.9. The zero-order chi connectivity index (χ0) is 20.1. The van der Waals surface area contributed by atoms with E-state index in [0.717, 1.165) is 32.2 Å². The van der Waals surface area contributed by atoms with E-state index in [0.29, 0.717) is 23.5 Å². The van der Waals surface area contributed by atoms with Crippen LogP contribution in [0.4, 0.5) is 0 Å². The molecular weight excluding hydrogens is 352 g/mol. The van der Waals surface area contributed by atoms with E-state index in [1.54, 1.807) is 20.3 Å². The summed E-state index contributed by atoms with van der Waals surface area (Å²) in [6.45, 7) is 2.56. The standard InChI is InChI=1S/C22H28N4O2/c1-16-18(22(28)25(2)3)15-23-21(24-16)19-11-7-8-14-26(19)20(27)13-12-17-9-5-4-6-10-17/h4-6,9-10,15,19H,7-8,11-14H2,1-3H3/t19-/m1/s1. The van der Waals surface area contributed by atoms with Crippen molar-refractivity contribution < 1.29 is 9.59 Å². The van der Waals surface area contributed by atoms with Crippen LogP contribution in [0, 0.1) is 6.92 Å². The Morgan fingerprint density at radius 1 is 1.18 bits per heavy atom. The van der Waals surface area contributed by atoms with Gasteiger partial charge >= 0.3 is 0 Å². The summed E-state index contributed by atoms with van der Waals surface area (Å²) in [5.41, 5.74) is 2.33. The second kappa shape index (κ2) is 8.95. The van der Waals surface area contributed by atoms with Crippen molar-refractivity contribution in [1.82, 2.24) is 19.8 Å². The minimum Gasteiger partial charge on any atom is -0.345 e. The van der Waals surface area contributed by atoms with Crippen LogP contribution in [-0.4, -0.2) is 52.2 Å². The molecule has 6 nitrogen and oxygen atoms in total. The molecule has 0 radical (unpaired) electrons. The quantitative estimate of drug-likeness (QED) is 0.799. The Hall–Kier alpha value is -2.76. The van der Waals surface area contributed by atoms with E-state index in [1.807, 2.05) is 42.2 Å². The Bertz CT molecular complexity index is 836. The fraction of sp³-hybridized carbons (Fsp3) is 0.455. The van der Waals surface area contributed by atoms with Gasteiger partial charge in [0.2, 0.25) is 5.91 Å². The van der Waals surface area contributed by atoms with Crippen molar-refractivity contribution in [3.05, 3.63) is 59.2 Å². The lowest BCUT2D eigenvalue weighted by atomic mass is 9.99. The Morgan fingerprint density at radius 3 is 2.61 bits per heavy atom. The molecule has 1 fully saturated rings. The molecule has 1 atom stereocenters. The first kappa shape index (κ1) is 20.0. The normalized spacial score (nSPS) is 16.7. The molecule has 6 heteroatoms. The van der Waals surface area contributed by atoms with Gasteiger partial charge in [0.1, 0.15) is 0 Å². The topological polar surface area (TPSA) is 66.4 Å². The van der Waals surface area contributed by atoms with E-state index in [4.69, 9.17) is 0 Å². The van der Waals surface area contributed by atoms with Gasteiger partial charge in [-0.3, -0.25) is 9.59 Å². The van der Waals surface area contributed by atoms with Gasteiger partial charge < -0.3 is 9.80 Å². The summed E-state index contributed by atoms with van der Waals surface area (Å²) in [5.74, 6) is 0.673. The summed E-state index contributed by atoms with van der Waals surface area (Å²) in [6, 6.07) is 9.96.